The van der Waals surface area contributed by atoms with Crippen LogP contribution in [0.15, 0.2) is 36.5 Å². The molecular formula is C17H21N3O. The zero-order valence-corrected chi connectivity index (χ0v) is 12.7. The largest absolute Gasteiger partial charge is 0.438 e. The Hall–Kier alpha value is -2.36. The fraction of sp³-hybridized carbons (Fsp3) is 0.294. The summed E-state index contributed by atoms with van der Waals surface area (Å²) < 4.78 is 5.97. The van der Waals surface area contributed by atoms with Crippen molar-refractivity contribution in [3.05, 3.63) is 53.2 Å². The fourth-order valence-electron chi connectivity index (χ4n) is 2.24. The van der Waals surface area contributed by atoms with E-state index < -0.39 is 0 Å². The molecule has 4 heteroatoms. The molecule has 0 spiro atoms. The maximum atomic E-state index is 7.71. The second-order valence-electron chi connectivity index (χ2n) is 5.17. The average Bonchev–Trinajstić information content (AvgIpc) is 2.46. The summed E-state index contributed by atoms with van der Waals surface area (Å²) in [5.41, 5.74) is 8.23. The van der Waals surface area contributed by atoms with Crippen LogP contribution in [0.25, 0.3) is 0 Å². The molecule has 0 aliphatic rings. The number of para-hydroxylation sites is 1. The summed E-state index contributed by atoms with van der Waals surface area (Å²) in [4.78, 5) is 4.24. The van der Waals surface area contributed by atoms with Gasteiger partial charge in [-0.2, -0.15) is 0 Å². The first-order valence-corrected chi connectivity index (χ1v) is 7.11. The van der Waals surface area contributed by atoms with Crippen molar-refractivity contribution >= 4 is 5.84 Å². The lowest BCUT2D eigenvalue weighted by atomic mass is 9.98. The van der Waals surface area contributed by atoms with E-state index in [1.807, 2.05) is 31.2 Å². The molecule has 2 rings (SSSR count). The van der Waals surface area contributed by atoms with Crippen LogP contribution in [-0.2, 0) is 0 Å². The minimum Gasteiger partial charge on any atom is -0.438 e. The molecule has 0 amide bonds. The SMILES string of the molecule is CCC(C)c1ccccc1Oc1nccc(C)c1C(=N)N. The van der Waals surface area contributed by atoms with Gasteiger partial charge in [-0.25, -0.2) is 4.98 Å². The number of benzene rings is 1. The summed E-state index contributed by atoms with van der Waals surface area (Å²) >= 11 is 0. The van der Waals surface area contributed by atoms with Crippen molar-refractivity contribution in [3.63, 3.8) is 0 Å². The van der Waals surface area contributed by atoms with Gasteiger partial charge in [0.15, 0.2) is 0 Å². The van der Waals surface area contributed by atoms with Gasteiger partial charge in [0.1, 0.15) is 11.6 Å². The van der Waals surface area contributed by atoms with Crippen molar-refractivity contribution in [3.8, 4) is 11.6 Å². The molecule has 110 valence electrons. The molecule has 0 saturated heterocycles. The minimum atomic E-state index is -0.0309. The lowest BCUT2D eigenvalue weighted by molar-refractivity contribution is 0.450. The number of nitrogen functional groups attached to an aromatic ring is 1. The van der Waals surface area contributed by atoms with Crippen LogP contribution in [-0.4, -0.2) is 10.8 Å². The highest BCUT2D eigenvalue weighted by atomic mass is 16.5. The highest BCUT2D eigenvalue weighted by molar-refractivity contribution is 5.98. The number of hydrogen-bond acceptors (Lipinski definition) is 3. The van der Waals surface area contributed by atoms with E-state index in [4.69, 9.17) is 15.9 Å². The minimum absolute atomic E-state index is 0.0309. The van der Waals surface area contributed by atoms with Crippen LogP contribution in [0.2, 0.25) is 0 Å². The molecule has 3 N–H and O–H groups in total. The van der Waals surface area contributed by atoms with E-state index >= 15 is 0 Å². The van der Waals surface area contributed by atoms with E-state index in [-0.39, 0.29) is 5.84 Å². The van der Waals surface area contributed by atoms with E-state index in [1.165, 1.54) is 0 Å². The summed E-state index contributed by atoms with van der Waals surface area (Å²) in [7, 11) is 0. The number of pyridine rings is 1. The Bertz CT molecular complexity index is 652. The molecule has 1 unspecified atom stereocenters. The van der Waals surface area contributed by atoms with Crippen LogP contribution in [0.3, 0.4) is 0 Å². The van der Waals surface area contributed by atoms with Crippen LogP contribution >= 0.6 is 0 Å². The molecule has 1 aromatic carbocycles. The van der Waals surface area contributed by atoms with E-state index in [9.17, 15) is 0 Å². The van der Waals surface area contributed by atoms with Gasteiger partial charge in [-0.15, -0.1) is 0 Å². The Morgan fingerprint density at radius 1 is 1.33 bits per heavy atom. The number of ether oxygens (including phenoxy) is 1. The van der Waals surface area contributed by atoms with Gasteiger partial charge in [-0.05, 0) is 42.5 Å². The van der Waals surface area contributed by atoms with Crippen molar-refractivity contribution < 1.29 is 4.74 Å². The first kappa shape index (κ1) is 15.0. The molecule has 0 aliphatic carbocycles. The second-order valence-corrected chi connectivity index (χ2v) is 5.17. The maximum Gasteiger partial charge on any atom is 0.230 e. The maximum absolute atomic E-state index is 7.71. The summed E-state index contributed by atoms with van der Waals surface area (Å²) in [6.07, 6.45) is 2.70. The van der Waals surface area contributed by atoms with Crippen molar-refractivity contribution in [2.45, 2.75) is 33.1 Å². The predicted molar refractivity (Wildman–Crippen MR) is 85.2 cm³/mol. The Morgan fingerprint density at radius 2 is 2.05 bits per heavy atom. The monoisotopic (exact) mass is 283 g/mol. The molecule has 1 heterocycles. The highest BCUT2D eigenvalue weighted by Crippen LogP contribution is 2.32. The number of aromatic nitrogens is 1. The molecule has 4 nitrogen and oxygen atoms in total. The number of aryl methyl sites for hydroxylation is 1. The summed E-state index contributed by atoms with van der Waals surface area (Å²) in [6.45, 7) is 6.21. The van der Waals surface area contributed by atoms with Gasteiger partial charge in [-0.1, -0.05) is 32.0 Å². The molecule has 0 radical (unpaired) electrons. The van der Waals surface area contributed by atoms with Crippen molar-refractivity contribution in [1.29, 1.82) is 5.41 Å². The number of nitrogens with two attached hydrogens (primary N) is 1. The fourth-order valence-corrected chi connectivity index (χ4v) is 2.24. The molecule has 21 heavy (non-hydrogen) atoms. The molecule has 1 atom stereocenters. The molecular weight excluding hydrogens is 262 g/mol. The second kappa shape index (κ2) is 6.39. The summed E-state index contributed by atoms with van der Waals surface area (Å²) in [5, 5.41) is 7.71. The zero-order chi connectivity index (χ0) is 15.4. The van der Waals surface area contributed by atoms with Crippen molar-refractivity contribution in [2.24, 2.45) is 5.73 Å². The standard InChI is InChI=1S/C17H21N3O/c1-4-11(2)13-7-5-6-8-14(13)21-17-15(16(18)19)12(3)9-10-20-17/h5-11H,4H2,1-3H3,(H3,18,19). The Balaban J connectivity index is 2.44. The molecule has 0 saturated carbocycles. The van der Waals surface area contributed by atoms with E-state index in [0.29, 0.717) is 17.4 Å². The number of nitrogens with one attached hydrogen (secondary N) is 1. The normalized spacial score (nSPS) is 12.0. The summed E-state index contributed by atoms with van der Waals surface area (Å²) in [6, 6.07) is 9.75. The lowest BCUT2D eigenvalue weighted by Crippen LogP contribution is -2.15. The van der Waals surface area contributed by atoms with Gasteiger partial charge in [0.25, 0.3) is 0 Å². The van der Waals surface area contributed by atoms with Gasteiger partial charge in [0, 0.05) is 6.20 Å². The first-order chi connectivity index (χ1) is 10.0. The lowest BCUT2D eigenvalue weighted by Gasteiger charge is -2.16. The van der Waals surface area contributed by atoms with E-state index in [1.54, 1.807) is 6.20 Å². The van der Waals surface area contributed by atoms with Crippen LogP contribution in [0.4, 0.5) is 0 Å². The van der Waals surface area contributed by atoms with Gasteiger partial charge < -0.3 is 10.5 Å². The first-order valence-electron chi connectivity index (χ1n) is 7.11. The number of amidine groups is 1. The Morgan fingerprint density at radius 3 is 2.71 bits per heavy atom. The molecule has 0 bridgehead atoms. The van der Waals surface area contributed by atoms with Gasteiger partial charge in [0.05, 0.1) is 5.56 Å². The number of hydrogen-bond donors (Lipinski definition) is 2. The summed E-state index contributed by atoms with van der Waals surface area (Å²) in [5.74, 6) is 1.52. The van der Waals surface area contributed by atoms with Crippen LogP contribution in [0.1, 0.15) is 42.9 Å². The molecule has 1 aromatic heterocycles. The van der Waals surface area contributed by atoms with Crippen LogP contribution in [0.5, 0.6) is 11.6 Å². The third-order valence-electron chi connectivity index (χ3n) is 3.66. The Kier molecular flexibility index (Phi) is 4.58. The smallest absolute Gasteiger partial charge is 0.230 e. The predicted octanol–water partition coefficient (Wildman–Crippen LogP) is 3.98. The average molecular weight is 283 g/mol. The van der Waals surface area contributed by atoms with E-state index in [0.717, 1.165) is 23.3 Å². The van der Waals surface area contributed by atoms with Crippen molar-refractivity contribution in [1.82, 2.24) is 4.98 Å². The Labute approximate surface area is 125 Å². The van der Waals surface area contributed by atoms with Crippen molar-refractivity contribution in [2.75, 3.05) is 0 Å². The highest BCUT2D eigenvalue weighted by Gasteiger charge is 2.15. The third-order valence-corrected chi connectivity index (χ3v) is 3.66. The number of rotatable bonds is 5. The van der Waals surface area contributed by atoms with Crippen LogP contribution < -0.4 is 10.5 Å². The van der Waals surface area contributed by atoms with Gasteiger partial charge in [-0.3, -0.25) is 5.41 Å². The van der Waals surface area contributed by atoms with Gasteiger partial charge >= 0.3 is 0 Å². The van der Waals surface area contributed by atoms with Crippen LogP contribution in [0, 0.1) is 12.3 Å². The topological polar surface area (TPSA) is 72.0 Å². The van der Waals surface area contributed by atoms with Gasteiger partial charge in [0.2, 0.25) is 5.88 Å². The third kappa shape index (κ3) is 3.21. The molecule has 0 aliphatic heterocycles. The molecule has 0 fully saturated rings. The quantitative estimate of drug-likeness (QED) is 0.644. The van der Waals surface area contributed by atoms with E-state index in [2.05, 4.69) is 24.9 Å². The zero-order valence-electron chi connectivity index (χ0n) is 12.7. The number of nitrogens with zero attached hydrogens (tertiary/aromatic N) is 1. The molecule has 2 aromatic rings.